The average molecular weight is 697 g/mol. The molecule has 1 aromatic heterocycles. The number of fused-ring (bicyclic) bond motifs is 2. The van der Waals surface area contributed by atoms with E-state index in [-0.39, 0.29) is 43.2 Å². The zero-order valence-electron chi connectivity index (χ0n) is 29.0. The third-order valence-corrected chi connectivity index (χ3v) is 9.88. The van der Waals surface area contributed by atoms with E-state index in [4.69, 9.17) is 0 Å². The summed E-state index contributed by atoms with van der Waals surface area (Å²) in [4.78, 5) is 89.8. The Hall–Kier alpha value is -4.37. The van der Waals surface area contributed by atoms with Gasteiger partial charge in [0, 0.05) is 25.5 Å². The molecule has 1 aromatic carbocycles. The van der Waals surface area contributed by atoms with Crippen LogP contribution in [0.25, 0.3) is 0 Å². The van der Waals surface area contributed by atoms with Crippen LogP contribution >= 0.6 is 11.3 Å². The molecular formula is C34H48N8O6S. The van der Waals surface area contributed by atoms with Crippen LogP contribution in [0.4, 0.5) is 0 Å². The van der Waals surface area contributed by atoms with E-state index in [1.807, 2.05) is 42.3 Å². The Morgan fingerprint density at radius 1 is 0.918 bits per heavy atom. The minimum Gasteiger partial charge on any atom is -0.345 e. The van der Waals surface area contributed by atoms with Gasteiger partial charge < -0.3 is 31.1 Å². The van der Waals surface area contributed by atoms with E-state index in [9.17, 15) is 28.8 Å². The molecule has 0 unspecified atom stereocenters. The van der Waals surface area contributed by atoms with Gasteiger partial charge in [-0.25, -0.2) is 4.98 Å². The number of rotatable bonds is 4. The number of nitrogens with one attached hydrogen (secondary N) is 4. The highest BCUT2D eigenvalue weighted by atomic mass is 32.1. The molecule has 2 aliphatic rings. The number of carbonyl (C=O) groups excluding carboxylic acids is 6. The maximum Gasteiger partial charge on any atom is 0.271 e. The number of hydrogen-bond donors (Lipinski definition) is 4. The minimum absolute atomic E-state index is 0.0763. The van der Waals surface area contributed by atoms with E-state index in [1.54, 1.807) is 33.2 Å². The molecule has 3 heterocycles. The Labute approximate surface area is 291 Å². The monoisotopic (exact) mass is 696 g/mol. The van der Waals surface area contributed by atoms with Crippen molar-refractivity contribution in [3.05, 3.63) is 52.0 Å². The van der Waals surface area contributed by atoms with Gasteiger partial charge in [0.1, 0.15) is 28.8 Å². The van der Waals surface area contributed by atoms with Gasteiger partial charge in [0.05, 0.1) is 18.6 Å². The summed E-state index contributed by atoms with van der Waals surface area (Å²) in [6.07, 6.45) is 1.91. The van der Waals surface area contributed by atoms with Crippen molar-refractivity contribution in [1.29, 1.82) is 0 Å². The summed E-state index contributed by atoms with van der Waals surface area (Å²) < 4.78 is 0. The normalized spacial score (nSPS) is 25.7. The molecule has 5 atom stereocenters. The summed E-state index contributed by atoms with van der Waals surface area (Å²) in [5.74, 6) is -3.05. The Kier molecular flexibility index (Phi) is 12.9. The Balaban J connectivity index is 1.67. The highest BCUT2D eigenvalue weighted by Crippen LogP contribution is 2.23. The van der Waals surface area contributed by atoms with E-state index < -0.39 is 53.7 Å². The summed E-state index contributed by atoms with van der Waals surface area (Å²) in [6.45, 7) is 7.30. The first-order valence-corrected chi connectivity index (χ1v) is 17.6. The first kappa shape index (κ1) is 37.4. The average Bonchev–Trinajstić information content (AvgIpc) is 3.73. The molecule has 0 saturated carbocycles. The lowest BCUT2D eigenvalue weighted by Gasteiger charge is -2.31. The van der Waals surface area contributed by atoms with E-state index in [0.29, 0.717) is 17.8 Å². The molecule has 1 saturated heterocycles. The van der Waals surface area contributed by atoms with Gasteiger partial charge >= 0.3 is 0 Å². The van der Waals surface area contributed by atoms with Crippen molar-refractivity contribution in [1.82, 2.24) is 41.0 Å². The smallest absolute Gasteiger partial charge is 0.271 e. The van der Waals surface area contributed by atoms with Gasteiger partial charge in [-0.2, -0.15) is 0 Å². The zero-order chi connectivity index (χ0) is 35.8. The lowest BCUT2D eigenvalue weighted by Crippen LogP contribution is -2.57. The molecule has 15 heteroatoms. The van der Waals surface area contributed by atoms with Crippen molar-refractivity contribution in [3.63, 3.8) is 0 Å². The molecular weight excluding hydrogens is 648 g/mol. The first-order chi connectivity index (χ1) is 23.2. The van der Waals surface area contributed by atoms with Crippen LogP contribution in [0.2, 0.25) is 0 Å². The van der Waals surface area contributed by atoms with Crippen molar-refractivity contribution in [2.45, 2.75) is 77.2 Å². The summed E-state index contributed by atoms with van der Waals surface area (Å²) in [7, 11) is 3.46. The minimum atomic E-state index is -1.01. The Morgan fingerprint density at radius 3 is 2.29 bits per heavy atom. The molecule has 0 spiro atoms. The number of carbonyl (C=O) groups is 6. The van der Waals surface area contributed by atoms with E-state index in [0.717, 1.165) is 18.5 Å². The molecule has 266 valence electrons. The summed E-state index contributed by atoms with van der Waals surface area (Å²) in [5.41, 5.74) is 1.01. The third-order valence-electron chi connectivity index (χ3n) is 8.92. The van der Waals surface area contributed by atoms with Crippen LogP contribution in [0.3, 0.4) is 0 Å². The number of benzene rings is 1. The van der Waals surface area contributed by atoms with Gasteiger partial charge in [-0.05, 0) is 58.2 Å². The second-order valence-electron chi connectivity index (χ2n) is 13.2. The zero-order valence-corrected chi connectivity index (χ0v) is 29.8. The van der Waals surface area contributed by atoms with Gasteiger partial charge in [0.2, 0.25) is 29.5 Å². The van der Waals surface area contributed by atoms with Gasteiger partial charge in [0.25, 0.3) is 5.91 Å². The lowest BCUT2D eigenvalue weighted by atomic mass is 10.0. The fourth-order valence-corrected chi connectivity index (χ4v) is 6.79. The quantitative estimate of drug-likeness (QED) is 0.362. The molecule has 2 aromatic rings. The fraction of sp³-hybridized carbons (Fsp3) is 0.559. The molecule has 0 aliphatic carbocycles. The van der Waals surface area contributed by atoms with E-state index in [2.05, 4.69) is 26.3 Å². The maximum atomic E-state index is 13.8. The Bertz CT molecular complexity index is 1520. The van der Waals surface area contributed by atoms with Crippen LogP contribution in [-0.2, 0) is 30.4 Å². The second-order valence-corrected chi connectivity index (χ2v) is 14.1. The molecule has 2 aliphatic heterocycles. The number of thiazole rings is 1. The molecule has 4 N–H and O–H groups in total. The summed E-state index contributed by atoms with van der Waals surface area (Å²) >= 11 is 1.20. The van der Waals surface area contributed by atoms with Crippen molar-refractivity contribution in [3.8, 4) is 0 Å². The highest BCUT2D eigenvalue weighted by molar-refractivity contribution is 7.09. The number of likely N-dealkylation sites (N-methyl/N-ethyl adjacent to an activating group) is 2. The van der Waals surface area contributed by atoms with Crippen molar-refractivity contribution < 1.29 is 28.8 Å². The molecule has 4 rings (SSSR count). The largest absolute Gasteiger partial charge is 0.345 e. The van der Waals surface area contributed by atoms with Crippen LogP contribution in [0.1, 0.15) is 67.6 Å². The van der Waals surface area contributed by atoms with Crippen LogP contribution in [0, 0.1) is 5.92 Å². The predicted octanol–water partition coefficient (Wildman–Crippen LogP) is 0.702. The molecule has 49 heavy (non-hydrogen) atoms. The molecule has 6 amide bonds. The SMILES string of the molecule is CC(C)[C@@H]1NC(=O)[C@H](C)NC(=O)c2csc(n2)[C@H](Cc2ccccc2)NC(=O)CN(C(=O)[C@@H]2CCCN2C)CCN(C)C(=O)[C@@H](C)NC1=O. The van der Waals surface area contributed by atoms with Crippen molar-refractivity contribution >= 4 is 46.8 Å². The topological polar surface area (TPSA) is 173 Å². The van der Waals surface area contributed by atoms with Crippen LogP contribution in [-0.4, -0.2) is 120 Å². The summed E-state index contributed by atoms with van der Waals surface area (Å²) in [6, 6.07) is 5.62. The number of amides is 6. The summed E-state index contributed by atoms with van der Waals surface area (Å²) in [5, 5.41) is 13.1. The van der Waals surface area contributed by atoms with E-state index >= 15 is 0 Å². The van der Waals surface area contributed by atoms with Gasteiger partial charge in [-0.3, -0.25) is 33.7 Å². The second kappa shape index (κ2) is 16.8. The molecule has 2 bridgehead atoms. The lowest BCUT2D eigenvalue weighted by molar-refractivity contribution is -0.141. The fourth-order valence-electron chi connectivity index (χ4n) is 5.94. The number of nitrogens with zero attached hydrogens (tertiary/aromatic N) is 4. The van der Waals surface area contributed by atoms with Gasteiger partial charge in [-0.15, -0.1) is 11.3 Å². The third kappa shape index (κ3) is 9.85. The van der Waals surface area contributed by atoms with E-state index in [1.165, 1.54) is 28.1 Å². The number of aromatic nitrogens is 1. The van der Waals surface area contributed by atoms with Crippen LogP contribution in [0.15, 0.2) is 35.7 Å². The number of hydrogen-bond acceptors (Lipinski definition) is 9. The Morgan fingerprint density at radius 2 is 1.63 bits per heavy atom. The highest BCUT2D eigenvalue weighted by Gasteiger charge is 2.34. The molecule has 14 nitrogen and oxygen atoms in total. The van der Waals surface area contributed by atoms with Crippen molar-refractivity contribution in [2.24, 2.45) is 5.92 Å². The molecule has 1 fully saturated rings. The van der Waals surface area contributed by atoms with Gasteiger partial charge in [-0.1, -0.05) is 44.2 Å². The number of likely N-dealkylation sites (tertiary alicyclic amines) is 1. The van der Waals surface area contributed by atoms with Crippen LogP contribution < -0.4 is 21.3 Å². The molecule has 0 radical (unpaired) electrons. The maximum absolute atomic E-state index is 13.8. The standard InChI is InChI=1S/C34H48N8O6S/c1-20(2)28-31(46)36-22(4)33(47)41(6)15-16-42(34(48)26-13-10-14-40(26)5)18-27(43)37-24(17-23-11-8-7-9-12-23)32-38-25(19-49-32)30(45)35-21(3)29(44)39-28/h7-9,11-12,19-22,24,26,28H,10,13-18H2,1-6H3,(H,35,45)(H,36,46)(H,37,43)(H,39,44)/t21-,22+,24-,26-,28-/m0/s1. The predicted molar refractivity (Wildman–Crippen MR) is 184 cm³/mol. The first-order valence-electron chi connectivity index (χ1n) is 16.7. The van der Waals surface area contributed by atoms with Crippen molar-refractivity contribution in [2.75, 3.05) is 40.3 Å². The van der Waals surface area contributed by atoms with Crippen LogP contribution in [0.5, 0.6) is 0 Å². The van der Waals surface area contributed by atoms with Gasteiger partial charge in [0.15, 0.2) is 0 Å².